The molecule has 0 aromatic heterocycles. The molecule has 0 bridgehead atoms. The van der Waals surface area contributed by atoms with Crippen molar-refractivity contribution in [1.82, 2.24) is 10.6 Å². The van der Waals surface area contributed by atoms with Gasteiger partial charge in [0.05, 0.1) is 13.0 Å². The van der Waals surface area contributed by atoms with E-state index >= 15 is 0 Å². The average Bonchev–Trinajstić information content (AvgIpc) is 2.43. The Morgan fingerprint density at radius 1 is 1.10 bits per heavy atom. The molecule has 6 heteroatoms. The Labute approximate surface area is 123 Å². The zero-order chi connectivity index (χ0) is 15.8. The van der Waals surface area contributed by atoms with Gasteiger partial charge in [-0.05, 0) is 11.5 Å². The van der Waals surface area contributed by atoms with Gasteiger partial charge in [-0.3, -0.25) is 9.59 Å². The second-order valence-electron chi connectivity index (χ2n) is 5.07. The minimum atomic E-state index is -1.09. The van der Waals surface area contributed by atoms with Gasteiger partial charge in [-0.2, -0.15) is 0 Å². The van der Waals surface area contributed by atoms with Crippen LogP contribution < -0.4 is 10.6 Å². The van der Waals surface area contributed by atoms with Gasteiger partial charge in [0.25, 0.3) is 0 Å². The van der Waals surface area contributed by atoms with Crippen molar-refractivity contribution >= 4 is 17.8 Å². The van der Waals surface area contributed by atoms with E-state index in [1.54, 1.807) is 13.8 Å². The number of hydrogen-bond acceptors (Lipinski definition) is 3. The fourth-order valence-electron chi connectivity index (χ4n) is 1.76. The van der Waals surface area contributed by atoms with Crippen LogP contribution in [-0.2, 0) is 20.8 Å². The van der Waals surface area contributed by atoms with Gasteiger partial charge in [-0.15, -0.1) is 0 Å². The van der Waals surface area contributed by atoms with Gasteiger partial charge in [0.2, 0.25) is 11.8 Å². The van der Waals surface area contributed by atoms with E-state index in [1.165, 1.54) is 0 Å². The van der Waals surface area contributed by atoms with E-state index in [9.17, 15) is 14.4 Å². The number of carboxylic acid groups (broad SMARTS) is 1. The lowest BCUT2D eigenvalue weighted by Crippen LogP contribution is -2.48. The average molecular weight is 292 g/mol. The van der Waals surface area contributed by atoms with E-state index in [-0.39, 0.29) is 24.8 Å². The molecule has 0 unspecified atom stereocenters. The van der Waals surface area contributed by atoms with Crippen LogP contribution in [-0.4, -0.2) is 35.5 Å². The normalized spacial score (nSPS) is 11.8. The third-order valence-electron chi connectivity index (χ3n) is 2.90. The van der Waals surface area contributed by atoms with Crippen molar-refractivity contribution < 1.29 is 19.5 Å². The molecule has 21 heavy (non-hydrogen) atoms. The Morgan fingerprint density at radius 3 is 2.24 bits per heavy atom. The molecule has 0 spiro atoms. The largest absolute Gasteiger partial charge is 0.480 e. The number of carbonyl (C=O) groups excluding carboxylic acids is 2. The number of carboxylic acids is 1. The van der Waals surface area contributed by atoms with Crippen molar-refractivity contribution in [3.8, 4) is 0 Å². The van der Waals surface area contributed by atoms with Crippen LogP contribution in [0.15, 0.2) is 30.3 Å². The number of benzene rings is 1. The predicted octanol–water partition coefficient (Wildman–Crippen LogP) is 0.571. The Balaban J connectivity index is 2.39. The number of aliphatic carboxylic acids is 1. The predicted molar refractivity (Wildman–Crippen MR) is 77.6 cm³/mol. The van der Waals surface area contributed by atoms with Gasteiger partial charge in [0, 0.05) is 0 Å². The van der Waals surface area contributed by atoms with Crippen LogP contribution >= 0.6 is 0 Å². The highest BCUT2D eigenvalue weighted by Crippen LogP contribution is 2.01. The molecule has 0 aliphatic heterocycles. The maximum atomic E-state index is 11.7. The molecule has 1 rings (SSSR count). The molecular formula is C15H20N2O4. The lowest BCUT2D eigenvalue weighted by atomic mass is 10.1. The third-order valence-corrected chi connectivity index (χ3v) is 2.90. The van der Waals surface area contributed by atoms with Crippen LogP contribution in [0, 0.1) is 5.92 Å². The first-order valence-electron chi connectivity index (χ1n) is 6.73. The molecule has 0 fully saturated rings. The summed E-state index contributed by atoms with van der Waals surface area (Å²) < 4.78 is 0. The van der Waals surface area contributed by atoms with Gasteiger partial charge in [0.1, 0.15) is 6.04 Å². The molecule has 0 aliphatic rings. The molecule has 1 atom stereocenters. The van der Waals surface area contributed by atoms with Gasteiger partial charge in [-0.25, -0.2) is 4.79 Å². The summed E-state index contributed by atoms with van der Waals surface area (Å²) in [6, 6.07) is 8.19. The fraction of sp³-hybridized carbons (Fsp3) is 0.400. The molecule has 0 radical (unpaired) electrons. The van der Waals surface area contributed by atoms with E-state index in [0.29, 0.717) is 0 Å². The molecular weight excluding hydrogens is 272 g/mol. The summed E-state index contributed by atoms with van der Waals surface area (Å²) in [5.74, 6) is -2.12. The van der Waals surface area contributed by atoms with E-state index in [1.807, 2.05) is 30.3 Å². The van der Waals surface area contributed by atoms with E-state index in [0.717, 1.165) is 5.56 Å². The Kier molecular flexibility index (Phi) is 6.39. The molecule has 0 heterocycles. The van der Waals surface area contributed by atoms with Crippen molar-refractivity contribution in [2.75, 3.05) is 6.54 Å². The number of nitrogens with one attached hydrogen (secondary N) is 2. The Morgan fingerprint density at radius 2 is 1.71 bits per heavy atom. The van der Waals surface area contributed by atoms with Crippen molar-refractivity contribution in [3.63, 3.8) is 0 Å². The van der Waals surface area contributed by atoms with Crippen molar-refractivity contribution in [3.05, 3.63) is 35.9 Å². The summed E-state index contributed by atoms with van der Waals surface area (Å²) in [5.41, 5.74) is 0.848. The molecule has 3 N–H and O–H groups in total. The van der Waals surface area contributed by atoms with Gasteiger partial charge >= 0.3 is 5.97 Å². The SMILES string of the molecule is CC(C)[C@@H](NC(=O)CNC(=O)Cc1ccccc1)C(=O)O. The molecule has 2 amide bonds. The molecule has 1 aromatic rings. The minimum Gasteiger partial charge on any atom is -0.480 e. The lowest BCUT2D eigenvalue weighted by molar-refractivity contribution is -0.143. The third kappa shape index (κ3) is 6.07. The zero-order valence-electron chi connectivity index (χ0n) is 12.1. The second-order valence-corrected chi connectivity index (χ2v) is 5.07. The van der Waals surface area contributed by atoms with Crippen molar-refractivity contribution in [2.24, 2.45) is 5.92 Å². The Hall–Kier alpha value is -2.37. The highest BCUT2D eigenvalue weighted by Gasteiger charge is 2.23. The number of carbonyl (C=O) groups is 3. The lowest BCUT2D eigenvalue weighted by Gasteiger charge is -2.17. The first kappa shape index (κ1) is 16.7. The smallest absolute Gasteiger partial charge is 0.326 e. The molecule has 114 valence electrons. The monoisotopic (exact) mass is 292 g/mol. The molecule has 0 aliphatic carbocycles. The minimum absolute atomic E-state index is 0.181. The summed E-state index contributed by atoms with van der Waals surface area (Å²) in [6.07, 6.45) is 0.181. The summed E-state index contributed by atoms with van der Waals surface area (Å²) >= 11 is 0. The summed E-state index contributed by atoms with van der Waals surface area (Å²) in [4.78, 5) is 34.2. The van der Waals surface area contributed by atoms with Crippen LogP contribution in [0.1, 0.15) is 19.4 Å². The number of amides is 2. The first-order chi connectivity index (χ1) is 9.90. The molecule has 0 saturated heterocycles. The van der Waals surface area contributed by atoms with Gasteiger partial charge in [-0.1, -0.05) is 44.2 Å². The fourth-order valence-corrected chi connectivity index (χ4v) is 1.76. The van der Waals surface area contributed by atoms with Gasteiger partial charge in [0.15, 0.2) is 0 Å². The molecule has 6 nitrogen and oxygen atoms in total. The van der Waals surface area contributed by atoms with Crippen LogP contribution in [0.25, 0.3) is 0 Å². The summed E-state index contributed by atoms with van der Waals surface area (Å²) in [6.45, 7) is 3.17. The highest BCUT2D eigenvalue weighted by molar-refractivity contribution is 5.88. The first-order valence-corrected chi connectivity index (χ1v) is 6.73. The maximum absolute atomic E-state index is 11.7. The van der Waals surface area contributed by atoms with Crippen LogP contribution in [0.2, 0.25) is 0 Å². The Bertz CT molecular complexity index is 500. The van der Waals surface area contributed by atoms with Crippen LogP contribution in [0.3, 0.4) is 0 Å². The van der Waals surface area contributed by atoms with Crippen molar-refractivity contribution in [2.45, 2.75) is 26.3 Å². The van der Waals surface area contributed by atoms with E-state index in [2.05, 4.69) is 10.6 Å². The van der Waals surface area contributed by atoms with Gasteiger partial charge < -0.3 is 15.7 Å². The van der Waals surface area contributed by atoms with E-state index < -0.39 is 17.9 Å². The van der Waals surface area contributed by atoms with Crippen LogP contribution in [0.5, 0.6) is 0 Å². The van der Waals surface area contributed by atoms with E-state index in [4.69, 9.17) is 5.11 Å². The highest BCUT2D eigenvalue weighted by atomic mass is 16.4. The summed E-state index contributed by atoms with van der Waals surface area (Å²) in [5, 5.41) is 13.8. The summed E-state index contributed by atoms with van der Waals surface area (Å²) in [7, 11) is 0. The topological polar surface area (TPSA) is 95.5 Å². The number of rotatable bonds is 7. The van der Waals surface area contributed by atoms with Crippen molar-refractivity contribution in [1.29, 1.82) is 0 Å². The molecule has 1 aromatic carbocycles. The standard InChI is InChI=1S/C15H20N2O4/c1-10(2)14(15(20)21)17-13(19)9-16-12(18)8-11-6-4-3-5-7-11/h3-7,10,14H,8-9H2,1-2H3,(H,16,18)(H,17,19)(H,20,21)/t14-/m1/s1. The quantitative estimate of drug-likeness (QED) is 0.684. The van der Waals surface area contributed by atoms with Crippen LogP contribution in [0.4, 0.5) is 0 Å². The zero-order valence-corrected chi connectivity index (χ0v) is 12.1. The molecule has 0 saturated carbocycles. The maximum Gasteiger partial charge on any atom is 0.326 e. The second kappa shape index (κ2) is 8.04. The number of hydrogen-bond donors (Lipinski definition) is 3.